The van der Waals surface area contributed by atoms with Crippen LogP contribution in [0.5, 0.6) is 0 Å². The Morgan fingerprint density at radius 1 is 1.31 bits per heavy atom. The van der Waals surface area contributed by atoms with E-state index in [4.69, 9.17) is 16.3 Å². The lowest BCUT2D eigenvalue weighted by atomic mass is 10.1. The van der Waals surface area contributed by atoms with E-state index >= 15 is 0 Å². The summed E-state index contributed by atoms with van der Waals surface area (Å²) in [7, 11) is 0. The van der Waals surface area contributed by atoms with Gasteiger partial charge in [0, 0.05) is 17.1 Å². The van der Waals surface area contributed by atoms with E-state index in [2.05, 4.69) is 5.32 Å². The summed E-state index contributed by atoms with van der Waals surface area (Å²) in [5.41, 5.74) is -0.000833. The summed E-state index contributed by atoms with van der Waals surface area (Å²) in [6.45, 7) is 1.43. The molecule has 1 fully saturated rings. The summed E-state index contributed by atoms with van der Waals surface area (Å²) in [4.78, 5) is 0. The molecule has 0 aliphatic carbocycles. The first kappa shape index (κ1) is 13.6. The van der Waals surface area contributed by atoms with Crippen LogP contribution in [0.1, 0.15) is 11.6 Å². The van der Waals surface area contributed by atoms with Gasteiger partial charge in [-0.2, -0.15) is 0 Å². The lowest BCUT2D eigenvalue weighted by Gasteiger charge is -2.24. The maximum Gasteiger partial charge on any atom is 0.132 e. The highest BCUT2D eigenvalue weighted by molar-refractivity contribution is 6.30. The minimum Gasteiger partial charge on any atom is -0.378 e. The molecule has 1 N–H and O–H groups in total. The number of halogens is 4. The zero-order valence-corrected chi connectivity index (χ0v) is 9.88. The maximum atomic E-state index is 13.5. The van der Waals surface area contributed by atoms with Crippen molar-refractivity contribution in [3.05, 3.63) is 34.4 Å². The normalized spacial score (nSPS) is 20.3. The Labute approximate surface area is 103 Å². The fraction of sp³-hybridized carbons (Fsp3) is 0.400. The molecule has 6 heteroatoms. The van der Waals surface area contributed by atoms with Gasteiger partial charge in [-0.05, 0) is 12.1 Å². The molecule has 1 aromatic rings. The van der Waals surface area contributed by atoms with Gasteiger partial charge in [0.25, 0.3) is 0 Å². The van der Waals surface area contributed by atoms with E-state index in [1.807, 2.05) is 0 Å². The minimum atomic E-state index is -0.636. The SMILES string of the molecule is Cl.Fc1cc(Cl)cc(F)c1[C@H]1COCCN1. The quantitative estimate of drug-likeness (QED) is 0.847. The first-order valence-corrected chi connectivity index (χ1v) is 5.02. The summed E-state index contributed by atoms with van der Waals surface area (Å²) in [6.07, 6.45) is 0. The Kier molecular flexibility index (Phi) is 4.92. The second-order valence-electron chi connectivity index (χ2n) is 3.36. The smallest absolute Gasteiger partial charge is 0.132 e. The zero-order chi connectivity index (χ0) is 10.8. The van der Waals surface area contributed by atoms with Crippen LogP contribution in [0.4, 0.5) is 8.78 Å². The molecule has 1 aliphatic heterocycles. The molecule has 16 heavy (non-hydrogen) atoms. The highest BCUT2D eigenvalue weighted by atomic mass is 35.5. The van der Waals surface area contributed by atoms with Gasteiger partial charge >= 0.3 is 0 Å². The highest BCUT2D eigenvalue weighted by Crippen LogP contribution is 2.25. The molecule has 1 saturated heterocycles. The van der Waals surface area contributed by atoms with Crippen LogP contribution in [0.25, 0.3) is 0 Å². The topological polar surface area (TPSA) is 21.3 Å². The molecule has 1 heterocycles. The number of hydrogen-bond donors (Lipinski definition) is 1. The third-order valence-corrected chi connectivity index (χ3v) is 2.53. The zero-order valence-electron chi connectivity index (χ0n) is 8.30. The molecule has 1 aromatic carbocycles. The van der Waals surface area contributed by atoms with Gasteiger partial charge in [0.2, 0.25) is 0 Å². The Bertz CT molecular complexity index is 347. The first-order valence-electron chi connectivity index (χ1n) is 4.64. The standard InChI is InChI=1S/C10H10ClF2NO.ClH/c11-6-3-7(12)10(8(13)4-6)9-5-15-2-1-14-9;/h3-4,9,14H,1-2,5H2;1H/t9-;/m1./s1. The predicted molar refractivity (Wildman–Crippen MR) is 60.2 cm³/mol. The van der Waals surface area contributed by atoms with Gasteiger partial charge in [-0.1, -0.05) is 11.6 Å². The van der Waals surface area contributed by atoms with Crippen molar-refractivity contribution in [3.63, 3.8) is 0 Å². The van der Waals surface area contributed by atoms with E-state index < -0.39 is 17.7 Å². The highest BCUT2D eigenvalue weighted by Gasteiger charge is 2.22. The third-order valence-electron chi connectivity index (χ3n) is 2.31. The predicted octanol–water partition coefficient (Wildman–Crippen LogP) is 2.70. The molecule has 0 unspecified atom stereocenters. The van der Waals surface area contributed by atoms with E-state index in [1.54, 1.807) is 0 Å². The van der Waals surface area contributed by atoms with Crippen LogP contribution in [-0.4, -0.2) is 19.8 Å². The average Bonchev–Trinajstić information content (AvgIpc) is 2.17. The van der Waals surface area contributed by atoms with E-state index in [0.717, 1.165) is 12.1 Å². The molecule has 0 saturated carbocycles. The van der Waals surface area contributed by atoms with Gasteiger partial charge in [-0.3, -0.25) is 0 Å². The van der Waals surface area contributed by atoms with Crippen molar-refractivity contribution in [2.75, 3.05) is 19.8 Å². The summed E-state index contributed by atoms with van der Waals surface area (Å²) in [5.74, 6) is -1.27. The molecule has 0 radical (unpaired) electrons. The number of rotatable bonds is 1. The fourth-order valence-corrected chi connectivity index (χ4v) is 1.83. The molecule has 0 spiro atoms. The van der Waals surface area contributed by atoms with Crippen molar-refractivity contribution in [1.82, 2.24) is 5.32 Å². The van der Waals surface area contributed by atoms with Gasteiger partial charge < -0.3 is 10.1 Å². The van der Waals surface area contributed by atoms with Crippen molar-refractivity contribution in [1.29, 1.82) is 0 Å². The average molecular weight is 270 g/mol. The third kappa shape index (κ3) is 2.83. The van der Waals surface area contributed by atoms with Crippen molar-refractivity contribution in [2.24, 2.45) is 0 Å². The molecule has 2 nitrogen and oxygen atoms in total. The van der Waals surface area contributed by atoms with Crippen LogP contribution < -0.4 is 5.32 Å². The molecule has 2 rings (SSSR count). The van der Waals surface area contributed by atoms with Crippen molar-refractivity contribution >= 4 is 24.0 Å². The maximum absolute atomic E-state index is 13.5. The summed E-state index contributed by atoms with van der Waals surface area (Å²) >= 11 is 5.53. The summed E-state index contributed by atoms with van der Waals surface area (Å²) in [6, 6.07) is 1.78. The fourth-order valence-electron chi connectivity index (χ4n) is 1.64. The summed E-state index contributed by atoms with van der Waals surface area (Å²) < 4.78 is 32.1. The molecular weight excluding hydrogens is 259 g/mol. The van der Waals surface area contributed by atoms with Gasteiger partial charge in [0.05, 0.1) is 19.3 Å². The van der Waals surface area contributed by atoms with Crippen LogP contribution in [0.15, 0.2) is 12.1 Å². The molecule has 0 amide bonds. The van der Waals surface area contributed by atoms with E-state index in [0.29, 0.717) is 13.2 Å². The van der Waals surface area contributed by atoms with E-state index in [9.17, 15) is 8.78 Å². The molecule has 0 bridgehead atoms. The van der Waals surface area contributed by atoms with E-state index in [-0.39, 0.29) is 29.6 Å². The monoisotopic (exact) mass is 269 g/mol. The lowest BCUT2D eigenvalue weighted by Crippen LogP contribution is -2.35. The molecule has 0 aromatic heterocycles. The first-order chi connectivity index (χ1) is 7.18. The largest absolute Gasteiger partial charge is 0.378 e. The van der Waals surface area contributed by atoms with Crippen LogP contribution >= 0.6 is 24.0 Å². The van der Waals surface area contributed by atoms with Crippen LogP contribution in [0.3, 0.4) is 0 Å². The second kappa shape index (κ2) is 5.77. The van der Waals surface area contributed by atoms with Crippen molar-refractivity contribution in [2.45, 2.75) is 6.04 Å². The van der Waals surface area contributed by atoms with Gasteiger partial charge in [0.1, 0.15) is 11.6 Å². The number of nitrogens with one attached hydrogen (secondary N) is 1. The van der Waals surface area contributed by atoms with Gasteiger partial charge in [-0.25, -0.2) is 8.78 Å². The van der Waals surface area contributed by atoms with Crippen LogP contribution in [0, 0.1) is 11.6 Å². The molecule has 90 valence electrons. The number of morpholine rings is 1. The van der Waals surface area contributed by atoms with Gasteiger partial charge in [-0.15, -0.1) is 12.4 Å². The van der Waals surface area contributed by atoms with Crippen molar-refractivity contribution < 1.29 is 13.5 Å². The number of hydrogen-bond acceptors (Lipinski definition) is 2. The summed E-state index contributed by atoms with van der Waals surface area (Å²) in [5, 5.41) is 3.05. The Hall–Kier alpha value is -0.420. The molecule has 1 atom stereocenters. The van der Waals surface area contributed by atoms with E-state index in [1.165, 1.54) is 0 Å². The van der Waals surface area contributed by atoms with Crippen LogP contribution in [0.2, 0.25) is 5.02 Å². The Morgan fingerprint density at radius 2 is 1.94 bits per heavy atom. The Balaban J connectivity index is 0.00000128. The van der Waals surface area contributed by atoms with Crippen LogP contribution in [-0.2, 0) is 4.74 Å². The number of benzene rings is 1. The number of ether oxygens (including phenoxy) is 1. The lowest BCUT2D eigenvalue weighted by molar-refractivity contribution is 0.0745. The minimum absolute atomic E-state index is 0. The molecule has 1 aliphatic rings. The van der Waals surface area contributed by atoms with Crippen molar-refractivity contribution in [3.8, 4) is 0 Å². The Morgan fingerprint density at radius 3 is 2.44 bits per heavy atom. The second-order valence-corrected chi connectivity index (χ2v) is 3.80. The van der Waals surface area contributed by atoms with Gasteiger partial charge in [0.15, 0.2) is 0 Å². The molecular formula is C10H11Cl2F2NO.